The lowest BCUT2D eigenvalue weighted by Gasteiger charge is -2.19. The van der Waals surface area contributed by atoms with Gasteiger partial charge in [0.2, 0.25) is 11.8 Å². The van der Waals surface area contributed by atoms with Gasteiger partial charge in [0, 0.05) is 23.1 Å². The number of thioether (sulfide) groups is 1. The minimum absolute atomic E-state index is 0.0366. The monoisotopic (exact) mass is 498 g/mol. The Kier molecular flexibility index (Phi) is 9.24. The quantitative estimate of drug-likeness (QED) is 0.309. The zero-order valence-corrected chi connectivity index (χ0v) is 20.8. The Balaban J connectivity index is 1.88. The van der Waals surface area contributed by atoms with Gasteiger partial charge in [-0.25, -0.2) is 0 Å². The molecule has 0 spiro atoms. The van der Waals surface area contributed by atoms with Gasteiger partial charge in [-0.3, -0.25) is 9.59 Å². The number of amides is 2. The van der Waals surface area contributed by atoms with E-state index in [1.165, 1.54) is 26.0 Å². The molecule has 2 amide bonds. The number of hydrogen-bond donors (Lipinski definition) is 2. The summed E-state index contributed by atoms with van der Waals surface area (Å²) in [5.74, 6) is 0.612. The fourth-order valence-corrected chi connectivity index (χ4v) is 4.61. The standard InChI is InChI=1S/C26H27ClN2O4S/c1-4-9-24(30)28-18-12-8-13-19(14-18)34-25(17-10-6-5-7-11-17)26(31)29-21-15-20(27)22(32-2)16-23(21)33-3/h5-8,10-16,25H,4,9H2,1-3H3,(H,28,30)(H,29,31). The number of nitrogens with one attached hydrogen (secondary N) is 2. The van der Waals surface area contributed by atoms with Gasteiger partial charge >= 0.3 is 0 Å². The normalized spacial score (nSPS) is 11.4. The molecule has 0 aliphatic heterocycles. The molecule has 3 aromatic rings. The van der Waals surface area contributed by atoms with Gasteiger partial charge in [0.1, 0.15) is 16.7 Å². The highest BCUT2D eigenvalue weighted by Crippen LogP contribution is 2.40. The van der Waals surface area contributed by atoms with E-state index in [1.807, 2.05) is 61.5 Å². The van der Waals surface area contributed by atoms with E-state index in [2.05, 4.69) is 10.6 Å². The Hall–Kier alpha value is -3.16. The summed E-state index contributed by atoms with van der Waals surface area (Å²) < 4.78 is 10.7. The Morgan fingerprint density at radius 2 is 1.68 bits per heavy atom. The molecule has 2 N–H and O–H groups in total. The van der Waals surface area contributed by atoms with Crippen molar-refractivity contribution >= 4 is 46.6 Å². The number of ether oxygens (including phenoxy) is 2. The lowest BCUT2D eigenvalue weighted by Crippen LogP contribution is -2.19. The maximum absolute atomic E-state index is 13.5. The lowest BCUT2D eigenvalue weighted by molar-refractivity contribution is -0.116. The summed E-state index contributed by atoms with van der Waals surface area (Å²) in [5, 5.41) is 5.64. The van der Waals surface area contributed by atoms with Gasteiger partial charge in [-0.15, -0.1) is 11.8 Å². The fourth-order valence-electron chi connectivity index (χ4n) is 3.29. The van der Waals surface area contributed by atoms with E-state index >= 15 is 0 Å². The third-order valence-electron chi connectivity index (χ3n) is 4.92. The van der Waals surface area contributed by atoms with Crippen molar-refractivity contribution in [3.63, 3.8) is 0 Å². The summed E-state index contributed by atoms with van der Waals surface area (Å²) in [5.41, 5.74) is 1.98. The van der Waals surface area contributed by atoms with Crippen LogP contribution in [0, 0.1) is 0 Å². The number of hydrogen-bond acceptors (Lipinski definition) is 5. The topological polar surface area (TPSA) is 76.7 Å². The van der Waals surface area contributed by atoms with Gasteiger partial charge in [-0.05, 0) is 36.2 Å². The minimum Gasteiger partial charge on any atom is -0.495 e. The van der Waals surface area contributed by atoms with Crippen molar-refractivity contribution in [2.24, 2.45) is 0 Å². The van der Waals surface area contributed by atoms with Crippen LogP contribution >= 0.6 is 23.4 Å². The van der Waals surface area contributed by atoms with Crippen molar-refractivity contribution in [2.75, 3.05) is 24.9 Å². The number of benzene rings is 3. The average Bonchev–Trinajstić information content (AvgIpc) is 2.83. The second kappa shape index (κ2) is 12.3. The third-order valence-corrected chi connectivity index (χ3v) is 6.46. The fraction of sp³-hybridized carbons (Fsp3) is 0.231. The first-order chi connectivity index (χ1) is 16.4. The Morgan fingerprint density at radius 3 is 2.35 bits per heavy atom. The summed E-state index contributed by atoms with van der Waals surface area (Å²) in [6, 6.07) is 20.2. The van der Waals surface area contributed by atoms with E-state index in [9.17, 15) is 9.59 Å². The molecule has 3 rings (SSSR count). The van der Waals surface area contributed by atoms with Crippen molar-refractivity contribution in [3.05, 3.63) is 77.3 Å². The van der Waals surface area contributed by atoms with Crippen molar-refractivity contribution in [1.29, 1.82) is 0 Å². The van der Waals surface area contributed by atoms with Crippen LogP contribution in [0.1, 0.15) is 30.6 Å². The molecule has 0 aliphatic rings. The largest absolute Gasteiger partial charge is 0.495 e. The van der Waals surface area contributed by atoms with Crippen molar-refractivity contribution < 1.29 is 19.1 Å². The molecule has 0 radical (unpaired) electrons. The molecule has 0 aliphatic carbocycles. The van der Waals surface area contributed by atoms with Crippen LogP contribution in [-0.2, 0) is 9.59 Å². The van der Waals surface area contributed by atoms with E-state index in [-0.39, 0.29) is 11.8 Å². The molecule has 0 saturated carbocycles. The van der Waals surface area contributed by atoms with Gasteiger partial charge in [-0.1, -0.05) is 54.9 Å². The molecule has 6 nitrogen and oxygen atoms in total. The lowest BCUT2D eigenvalue weighted by atomic mass is 10.1. The second-order valence-electron chi connectivity index (χ2n) is 7.41. The maximum atomic E-state index is 13.5. The van der Waals surface area contributed by atoms with Crippen LogP contribution in [0.5, 0.6) is 11.5 Å². The number of anilines is 2. The molecular weight excluding hydrogens is 472 g/mol. The number of halogens is 1. The van der Waals surface area contributed by atoms with Crippen LogP contribution in [0.3, 0.4) is 0 Å². The molecule has 0 aromatic heterocycles. The smallest absolute Gasteiger partial charge is 0.242 e. The summed E-state index contributed by atoms with van der Waals surface area (Å²) in [7, 11) is 3.03. The molecule has 1 unspecified atom stereocenters. The highest BCUT2D eigenvalue weighted by Gasteiger charge is 2.24. The Labute approximate surface area is 209 Å². The summed E-state index contributed by atoms with van der Waals surface area (Å²) in [6.45, 7) is 1.96. The molecule has 3 aromatic carbocycles. The summed E-state index contributed by atoms with van der Waals surface area (Å²) in [6.07, 6.45) is 1.23. The minimum atomic E-state index is -0.562. The van der Waals surface area contributed by atoms with Gasteiger partial charge in [0.15, 0.2) is 0 Å². The Morgan fingerprint density at radius 1 is 0.941 bits per heavy atom. The van der Waals surface area contributed by atoms with E-state index < -0.39 is 5.25 Å². The first-order valence-electron chi connectivity index (χ1n) is 10.8. The summed E-state index contributed by atoms with van der Waals surface area (Å²) in [4.78, 5) is 26.3. The number of methoxy groups -OCH3 is 2. The number of carbonyl (C=O) groups excluding carboxylic acids is 2. The Bertz CT molecular complexity index is 1140. The second-order valence-corrected chi connectivity index (χ2v) is 9.00. The maximum Gasteiger partial charge on any atom is 0.242 e. The van der Waals surface area contributed by atoms with Crippen molar-refractivity contribution in [1.82, 2.24) is 0 Å². The van der Waals surface area contributed by atoms with E-state index in [0.29, 0.717) is 34.3 Å². The SMILES string of the molecule is CCCC(=O)Nc1cccc(SC(C(=O)Nc2cc(Cl)c(OC)cc2OC)c2ccccc2)c1. The molecule has 1 atom stereocenters. The van der Waals surface area contributed by atoms with Crippen LogP contribution < -0.4 is 20.1 Å². The van der Waals surface area contributed by atoms with E-state index in [1.54, 1.807) is 12.1 Å². The van der Waals surface area contributed by atoms with Crippen molar-refractivity contribution in [3.8, 4) is 11.5 Å². The zero-order valence-electron chi connectivity index (χ0n) is 19.3. The molecule has 8 heteroatoms. The van der Waals surface area contributed by atoms with Gasteiger partial charge in [-0.2, -0.15) is 0 Å². The van der Waals surface area contributed by atoms with Crippen LogP contribution in [0.4, 0.5) is 11.4 Å². The molecule has 178 valence electrons. The third kappa shape index (κ3) is 6.68. The number of carbonyl (C=O) groups is 2. The first-order valence-corrected chi connectivity index (χ1v) is 12.0. The number of rotatable bonds is 10. The molecule has 0 fully saturated rings. The molecule has 0 heterocycles. The van der Waals surface area contributed by atoms with Crippen LogP contribution in [0.25, 0.3) is 0 Å². The molecule has 0 bridgehead atoms. The van der Waals surface area contributed by atoms with Crippen molar-refractivity contribution in [2.45, 2.75) is 29.9 Å². The van der Waals surface area contributed by atoms with Crippen LogP contribution in [0.2, 0.25) is 5.02 Å². The van der Waals surface area contributed by atoms with Crippen LogP contribution in [0.15, 0.2) is 71.6 Å². The first kappa shape index (κ1) is 25.5. The highest BCUT2D eigenvalue weighted by atomic mass is 35.5. The van der Waals surface area contributed by atoms with Gasteiger partial charge in [0.25, 0.3) is 0 Å². The molecular formula is C26H27ClN2O4S. The van der Waals surface area contributed by atoms with E-state index in [0.717, 1.165) is 16.9 Å². The van der Waals surface area contributed by atoms with E-state index in [4.69, 9.17) is 21.1 Å². The molecule has 34 heavy (non-hydrogen) atoms. The van der Waals surface area contributed by atoms with Gasteiger partial charge in [0.05, 0.1) is 24.9 Å². The predicted octanol–water partition coefficient (Wildman–Crippen LogP) is 6.57. The van der Waals surface area contributed by atoms with Gasteiger partial charge < -0.3 is 20.1 Å². The molecule has 0 saturated heterocycles. The predicted molar refractivity (Wildman–Crippen MR) is 138 cm³/mol. The zero-order chi connectivity index (χ0) is 24.5. The highest BCUT2D eigenvalue weighted by molar-refractivity contribution is 8.00. The average molecular weight is 499 g/mol. The van der Waals surface area contributed by atoms with Crippen LogP contribution in [-0.4, -0.2) is 26.0 Å². The summed E-state index contributed by atoms with van der Waals surface area (Å²) >= 11 is 7.67.